The molecule has 0 aromatic heterocycles. The Labute approximate surface area is 94.0 Å². The van der Waals surface area contributed by atoms with E-state index in [-0.39, 0.29) is 5.60 Å². The minimum absolute atomic E-state index is 0.232. The van der Waals surface area contributed by atoms with Crippen LogP contribution in [0.15, 0.2) is 0 Å². The van der Waals surface area contributed by atoms with Gasteiger partial charge < -0.3 is 4.74 Å². The smallest absolute Gasteiger partial charge is 0.385 e. The molecule has 80 valence electrons. The number of hydrogen-bond acceptors (Lipinski definition) is 3. The summed E-state index contributed by atoms with van der Waals surface area (Å²) in [6, 6.07) is 0. The number of rotatable bonds is 1. The van der Waals surface area contributed by atoms with Crippen molar-refractivity contribution in [2.45, 2.75) is 37.7 Å². The quantitative estimate of drug-likeness (QED) is 0.316. The third kappa shape index (κ3) is 2.35. The van der Waals surface area contributed by atoms with Crippen LogP contribution in [0, 0.1) is 17.8 Å². The van der Waals surface area contributed by atoms with E-state index in [4.69, 9.17) is 4.74 Å². The maximum absolute atomic E-state index is 11.3. The zero-order valence-corrected chi connectivity index (χ0v) is 9.18. The monoisotopic (exact) mass is 224 g/mol. The highest BCUT2D eigenvalue weighted by atomic mass is 32.1. The van der Waals surface area contributed by atoms with Crippen molar-refractivity contribution in [2.24, 2.45) is 5.92 Å². The topological polar surface area (TPSA) is 43.4 Å². The molecular weight excluding hydrogens is 212 g/mol. The highest BCUT2D eigenvalue weighted by Crippen LogP contribution is 2.56. The minimum atomic E-state index is -0.611. The lowest BCUT2D eigenvalue weighted by atomic mass is 9.98. The van der Waals surface area contributed by atoms with Crippen LogP contribution in [-0.4, -0.2) is 16.7 Å². The molecule has 3 nitrogen and oxygen atoms in total. The molecule has 2 fully saturated rings. The molecule has 0 spiro atoms. The van der Waals surface area contributed by atoms with E-state index in [1.54, 1.807) is 0 Å². The van der Waals surface area contributed by atoms with Crippen molar-refractivity contribution in [3.05, 3.63) is 0 Å². The molecule has 0 radical (unpaired) electrons. The van der Waals surface area contributed by atoms with Crippen molar-refractivity contribution in [1.82, 2.24) is 0 Å². The molecule has 0 unspecified atom stereocenters. The summed E-state index contributed by atoms with van der Waals surface area (Å²) < 4.78 is 5.30. The van der Waals surface area contributed by atoms with Crippen LogP contribution in [0.5, 0.6) is 0 Å². The Morgan fingerprint density at radius 1 is 1.33 bits per heavy atom. The van der Waals surface area contributed by atoms with E-state index in [0.29, 0.717) is 5.92 Å². The van der Waals surface area contributed by atoms with Crippen LogP contribution < -0.4 is 0 Å². The van der Waals surface area contributed by atoms with Crippen LogP contribution in [0.1, 0.15) is 32.1 Å². The van der Waals surface area contributed by atoms with Gasteiger partial charge in [0.15, 0.2) is 0 Å². The van der Waals surface area contributed by atoms with Gasteiger partial charge in [0.05, 0.1) is 0 Å². The average molecular weight is 224 g/mol. The molecule has 15 heavy (non-hydrogen) atoms. The van der Waals surface area contributed by atoms with Gasteiger partial charge in [-0.25, -0.2) is 4.79 Å². The van der Waals surface area contributed by atoms with Gasteiger partial charge in [0.2, 0.25) is 0 Å². The molecule has 2 atom stereocenters. The number of carbonyl (C=O) groups excluding carboxylic acids is 2. The molecule has 0 N–H and O–H groups in total. The molecule has 0 amide bonds. The molecule has 0 aromatic carbocycles. The van der Waals surface area contributed by atoms with E-state index < -0.39 is 11.1 Å². The second-order valence-electron chi connectivity index (χ2n) is 4.16. The van der Waals surface area contributed by atoms with Gasteiger partial charge >= 0.3 is 5.97 Å². The minimum Gasteiger partial charge on any atom is -0.449 e. The van der Waals surface area contributed by atoms with Crippen molar-refractivity contribution in [3.8, 4) is 11.8 Å². The van der Waals surface area contributed by atoms with Gasteiger partial charge in [-0.15, -0.1) is 0 Å². The van der Waals surface area contributed by atoms with Gasteiger partial charge in [0.25, 0.3) is 5.12 Å². The molecule has 2 aliphatic carbocycles. The lowest BCUT2D eigenvalue weighted by Crippen LogP contribution is -2.23. The normalized spacial score (nSPS) is 31.9. The molecule has 0 bridgehead atoms. The Bertz CT molecular complexity index is 366. The van der Waals surface area contributed by atoms with E-state index in [9.17, 15) is 9.59 Å². The SMILES string of the molecule is O=C(S)C#CC(=O)O[C@]12CCCC[C@@H]1C2. The van der Waals surface area contributed by atoms with E-state index in [1.807, 2.05) is 0 Å². The molecule has 2 aliphatic rings. The van der Waals surface area contributed by atoms with Crippen molar-refractivity contribution < 1.29 is 14.3 Å². The summed E-state index contributed by atoms with van der Waals surface area (Å²) in [7, 11) is 0. The Balaban J connectivity index is 1.91. The summed E-state index contributed by atoms with van der Waals surface area (Å²) in [6.07, 6.45) is 5.40. The van der Waals surface area contributed by atoms with Crippen LogP contribution in [0.25, 0.3) is 0 Å². The summed E-state index contributed by atoms with van der Waals surface area (Å²) >= 11 is 3.45. The first-order chi connectivity index (χ1) is 7.12. The molecule has 2 saturated carbocycles. The fourth-order valence-corrected chi connectivity index (χ4v) is 2.39. The average Bonchev–Trinajstić information content (AvgIpc) is 2.88. The predicted octanol–water partition coefficient (Wildman–Crippen LogP) is 1.32. The number of fused-ring (bicyclic) bond motifs is 1. The van der Waals surface area contributed by atoms with Gasteiger partial charge in [0, 0.05) is 11.8 Å². The maximum atomic E-state index is 11.3. The zero-order valence-electron chi connectivity index (χ0n) is 8.28. The number of esters is 1. The van der Waals surface area contributed by atoms with E-state index in [2.05, 4.69) is 24.5 Å². The lowest BCUT2D eigenvalue weighted by molar-refractivity contribution is -0.146. The standard InChI is InChI=1S/C11H12O3S/c12-9(4-5-10(13)15)14-11-6-2-1-3-8(11)7-11/h8H,1-3,6-7H2,(H,13,15)/t8-,11+/m1/s1. The summed E-state index contributed by atoms with van der Waals surface area (Å²) in [5.74, 6) is 4.15. The van der Waals surface area contributed by atoms with E-state index in [1.165, 1.54) is 6.42 Å². The fourth-order valence-electron chi connectivity index (χ4n) is 2.34. The second-order valence-corrected chi connectivity index (χ2v) is 4.56. The van der Waals surface area contributed by atoms with Gasteiger partial charge in [-0.1, -0.05) is 19.0 Å². The van der Waals surface area contributed by atoms with Crippen LogP contribution >= 0.6 is 12.6 Å². The molecular formula is C11H12O3S. The van der Waals surface area contributed by atoms with Crippen molar-refractivity contribution in [3.63, 3.8) is 0 Å². The third-order valence-electron chi connectivity index (χ3n) is 3.15. The third-order valence-corrected chi connectivity index (χ3v) is 3.26. The molecule has 2 rings (SSSR count). The van der Waals surface area contributed by atoms with Gasteiger partial charge in [-0.05, 0) is 31.6 Å². The fraction of sp³-hybridized carbons (Fsp3) is 0.636. The van der Waals surface area contributed by atoms with Crippen LogP contribution in [-0.2, 0) is 14.3 Å². The van der Waals surface area contributed by atoms with Crippen LogP contribution in [0.2, 0.25) is 0 Å². The number of carbonyl (C=O) groups is 2. The summed E-state index contributed by atoms with van der Waals surface area (Å²) in [4.78, 5) is 21.7. The van der Waals surface area contributed by atoms with Crippen molar-refractivity contribution >= 4 is 23.7 Å². The molecule has 0 saturated heterocycles. The first-order valence-electron chi connectivity index (χ1n) is 5.10. The van der Waals surface area contributed by atoms with Crippen molar-refractivity contribution in [2.75, 3.05) is 0 Å². The largest absolute Gasteiger partial charge is 0.449 e. The van der Waals surface area contributed by atoms with Crippen LogP contribution in [0.3, 0.4) is 0 Å². The number of thiol groups is 1. The predicted molar refractivity (Wildman–Crippen MR) is 57.2 cm³/mol. The highest BCUT2D eigenvalue weighted by molar-refractivity contribution is 7.97. The van der Waals surface area contributed by atoms with E-state index in [0.717, 1.165) is 25.7 Å². The lowest BCUT2D eigenvalue weighted by Gasteiger charge is -2.20. The van der Waals surface area contributed by atoms with Gasteiger partial charge in [-0.3, -0.25) is 4.79 Å². The molecule has 0 aromatic rings. The molecule has 0 heterocycles. The Morgan fingerprint density at radius 2 is 2.13 bits per heavy atom. The molecule has 0 aliphatic heterocycles. The summed E-state index contributed by atoms with van der Waals surface area (Å²) in [5, 5.41) is -0.611. The summed E-state index contributed by atoms with van der Waals surface area (Å²) in [5.41, 5.74) is -0.232. The highest BCUT2D eigenvalue weighted by Gasteiger charge is 2.58. The maximum Gasteiger partial charge on any atom is 0.385 e. The van der Waals surface area contributed by atoms with Gasteiger partial charge in [0.1, 0.15) is 5.60 Å². The first-order valence-corrected chi connectivity index (χ1v) is 5.55. The molecule has 4 heteroatoms. The second kappa shape index (κ2) is 3.90. The number of hydrogen-bond donors (Lipinski definition) is 1. The Hall–Kier alpha value is -0.950. The Kier molecular flexibility index (Phi) is 2.74. The first kappa shape index (κ1) is 10.6. The zero-order chi connectivity index (χ0) is 10.9. The summed E-state index contributed by atoms with van der Waals surface area (Å²) in [6.45, 7) is 0. The number of ether oxygens (including phenoxy) is 1. The van der Waals surface area contributed by atoms with Gasteiger partial charge in [-0.2, -0.15) is 0 Å². The van der Waals surface area contributed by atoms with Crippen molar-refractivity contribution in [1.29, 1.82) is 0 Å². The Morgan fingerprint density at radius 3 is 2.80 bits per heavy atom. The van der Waals surface area contributed by atoms with E-state index >= 15 is 0 Å². The van der Waals surface area contributed by atoms with Crippen LogP contribution in [0.4, 0.5) is 0 Å².